The molecule has 0 aliphatic heterocycles. The van der Waals surface area contributed by atoms with Gasteiger partial charge in [0.15, 0.2) is 0 Å². The number of nitrogens with zero attached hydrogens (tertiary/aromatic N) is 3. The molecule has 0 saturated carbocycles. The van der Waals surface area contributed by atoms with Gasteiger partial charge in [-0.15, -0.1) is 0 Å². The summed E-state index contributed by atoms with van der Waals surface area (Å²) in [4.78, 5) is 19.7. The molecule has 0 saturated heterocycles. The van der Waals surface area contributed by atoms with Crippen LogP contribution in [0.3, 0.4) is 0 Å². The lowest BCUT2D eigenvalue weighted by atomic mass is 9.96. The summed E-state index contributed by atoms with van der Waals surface area (Å²) in [5.74, 6) is -2.07. The first-order valence-electron chi connectivity index (χ1n) is 10.5. The van der Waals surface area contributed by atoms with Crippen molar-refractivity contribution in [1.82, 2.24) is 9.97 Å². The van der Waals surface area contributed by atoms with E-state index in [2.05, 4.69) is 9.97 Å². The number of anilines is 1. The van der Waals surface area contributed by atoms with Crippen molar-refractivity contribution < 1.29 is 27.8 Å². The molecule has 10 heteroatoms. The Morgan fingerprint density at radius 1 is 1.21 bits per heavy atom. The number of aromatic nitrogens is 2. The van der Waals surface area contributed by atoms with Crippen LogP contribution in [0.5, 0.6) is 0 Å². The molecule has 0 unspecified atom stereocenters. The van der Waals surface area contributed by atoms with Crippen molar-refractivity contribution in [2.45, 2.75) is 45.6 Å². The number of carbonyl (C=O) groups is 1. The lowest BCUT2D eigenvalue weighted by Crippen LogP contribution is -2.27. The van der Waals surface area contributed by atoms with Crippen LogP contribution in [0.2, 0.25) is 0 Å². The third kappa shape index (κ3) is 7.33. The van der Waals surface area contributed by atoms with Gasteiger partial charge < -0.3 is 15.0 Å². The van der Waals surface area contributed by atoms with Crippen LogP contribution in [0, 0.1) is 11.7 Å². The summed E-state index contributed by atoms with van der Waals surface area (Å²) in [6.07, 6.45) is 3.31. The molecule has 0 aliphatic rings. The van der Waals surface area contributed by atoms with Crippen LogP contribution in [0.15, 0.2) is 30.3 Å². The average Bonchev–Trinajstić information content (AvgIpc) is 2.70. The van der Waals surface area contributed by atoms with E-state index in [1.54, 1.807) is 13.0 Å². The second-order valence-electron chi connectivity index (χ2n) is 8.41. The molecule has 0 bridgehead atoms. The van der Waals surface area contributed by atoms with Crippen molar-refractivity contribution in [2.24, 2.45) is 5.92 Å². The summed E-state index contributed by atoms with van der Waals surface area (Å²) >= 11 is 0. The number of benzene rings is 1. The van der Waals surface area contributed by atoms with E-state index in [4.69, 9.17) is 0 Å². The molecule has 1 N–H and O–H groups in total. The number of carboxylic acids is 1. The van der Waals surface area contributed by atoms with Crippen LogP contribution in [0.1, 0.15) is 50.8 Å². The number of hydrogen-bond acceptors (Lipinski definition) is 7. The Bertz CT molecular complexity index is 1120. The summed E-state index contributed by atoms with van der Waals surface area (Å²) in [5, 5.41) is 21.2. The highest BCUT2D eigenvalue weighted by atomic mass is 32.2. The van der Waals surface area contributed by atoms with Crippen molar-refractivity contribution >= 4 is 28.0 Å². The number of rotatable bonds is 10. The van der Waals surface area contributed by atoms with Gasteiger partial charge in [-0.3, -0.25) is 0 Å². The number of aliphatic hydroxyl groups is 1. The second-order valence-corrected chi connectivity index (χ2v) is 10.4. The molecule has 180 valence electrons. The summed E-state index contributed by atoms with van der Waals surface area (Å²) < 4.78 is 38.7. The zero-order chi connectivity index (χ0) is 24.9. The van der Waals surface area contributed by atoms with Gasteiger partial charge in [-0.1, -0.05) is 32.9 Å². The third-order valence-corrected chi connectivity index (χ3v) is 6.21. The van der Waals surface area contributed by atoms with E-state index in [0.717, 1.165) is 10.6 Å². The highest BCUT2D eigenvalue weighted by Crippen LogP contribution is 2.31. The van der Waals surface area contributed by atoms with Crippen LogP contribution >= 0.6 is 0 Å². The van der Waals surface area contributed by atoms with Crippen molar-refractivity contribution in [1.29, 1.82) is 0 Å². The molecule has 0 fully saturated rings. The predicted octanol–water partition coefficient (Wildman–Crippen LogP) is 2.34. The van der Waals surface area contributed by atoms with Crippen LogP contribution in [0.25, 0.3) is 17.3 Å². The zero-order valence-electron chi connectivity index (χ0n) is 19.3. The molecule has 2 rings (SSSR count). The van der Waals surface area contributed by atoms with Crippen LogP contribution < -0.4 is 9.41 Å². The first-order chi connectivity index (χ1) is 15.3. The van der Waals surface area contributed by atoms with Crippen molar-refractivity contribution in [3.8, 4) is 11.3 Å². The Labute approximate surface area is 193 Å². The molecule has 0 amide bonds. The highest BCUT2D eigenvalue weighted by molar-refractivity contribution is 7.92. The molecule has 8 nitrogen and oxygen atoms in total. The van der Waals surface area contributed by atoms with E-state index in [9.17, 15) is 27.8 Å². The number of carboxylic acid groups (broad SMARTS) is 1. The Morgan fingerprint density at radius 2 is 1.82 bits per heavy atom. The van der Waals surface area contributed by atoms with Gasteiger partial charge in [-0.2, -0.15) is 0 Å². The lowest BCUT2D eigenvalue weighted by Gasteiger charge is -2.20. The fraction of sp³-hybridized carbons (Fsp3) is 0.435. The molecule has 33 heavy (non-hydrogen) atoms. The maximum atomic E-state index is 13.5. The van der Waals surface area contributed by atoms with E-state index in [0.29, 0.717) is 22.5 Å². The molecule has 2 aromatic rings. The van der Waals surface area contributed by atoms with Crippen LogP contribution in [-0.4, -0.2) is 48.9 Å². The first-order valence-corrected chi connectivity index (χ1v) is 12.3. The molecule has 0 aliphatic carbocycles. The minimum atomic E-state index is -3.63. The van der Waals surface area contributed by atoms with E-state index in [1.807, 2.05) is 13.8 Å². The minimum absolute atomic E-state index is 0.0270. The topological polar surface area (TPSA) is 124 Å². The van der Waals surface area contributed by atoms with Gasteiger partial charge in [0.25, 0.3) is 0 Å². The molecule has 1 aromatic carbocycles. The quantitative estimate of drug-likeness (QED) is 0.556. The molecular formula is C23H29FN3O5S-. The second kappa shape index (κ2) is 10.8. The molecule has 1 heterocycles. The highest BCUT2D eigenvalue weighted by Gasteiger charge is 2.22. The minimum Gasteiger partial charge on any atom is -0.550 e. The van der Waals surface area contributed by atoms with E-state index in [-0.39, 0.29) is 30.6 Å². The van der Waals surface area contributed by atoms with Gasteiger partial charge in [0, 0.05) is 24.1 Å². The van der Waals surface area contributed by atoms with E-state index in [1.165, 1.54) is 37.4 Å². The Morgan fingerprint density at radius 3 is 2.33 bits per heavy atom. The summed E-state index contributed by atoms with van der Waals surface area (Å²) in [5.41, 5.74) is 2.02. The van der Waals surface area contributed by atoms with Crippen molar-refractivity contribution in [2.75, 3.05) is 17.6 Å². The smallest absolute Gasteiger partial charge is 0.239 e. The monoisotopic (exact) mass is 478 g/mol. The third-order valence-electron chi connectivity index (χ3n) is 5.05. The summed E-state index contributed by atoms with van der Waals surface area (Å²) in [7, 11) is -2.28. The zero-order valence-corrected chi connectivity index (χ0v) is 20.1. The van der Waals surface area contributed by atoms with Gasteiger partial charge in [0.05, 0.1) is 23.7 Å². The summed E-state index contributed by atoms with van der Waals surface area (Å²) in [6, 6.07) is 5.61. The fourth-order valence-electron chi connectivity index (χ4n) is 3.26. The van der Waals surface area contributed by atoms with Crippen molar-refractivity contribution in [3.05, 3.63) is 47.4 Å². The van der Waals surface area contributed by atoms with Gasteiger partial charge >= 0.3 is 0 Å². The van der Waals surface area contributed by atoms with E-state index < -0.39 is 27.9 Å². The Balaban J connectivity index is 2.61. The SMILES string of the molecule is CC(C)c1nc(N(C)S(C)(=O)=O)nc(-c2ccc(F)cc2)c1/C=C/[C@@H](O)C[C@@H](C)CC(=O)[O-]. The van der Waals surface area contributed by atoms with Crippen molar-refractivity contribution in [3.63, 3.8) is 0 Å². The Kier molecular flexibility index (Phi) is 8.68. The number of halogens is 1. The standard InChI is InChI=1S/C23H30FN3O5S/c1-14(2)21-19(11-10-18(28)12-15(3)13-20(29)30)22(16-6-8-17(24)9-7-16)26-23(25-21)27(4)33(5,31)32/h6-11,14-15,18,28H,12-13H2,1-5H3,(H,29,30)/p-1/b11-10+/t15-,18-/m1/s1. The number of sulfonamides is 1. The van der Waals surface area contributed by atoms with E-state index >= 15 is 0 Å². The average molecular weight is 479 g/mol. The van der Waals surface area contributed by atoms with Gasteiger partial charge in [0.2, 0.25) is 16.0 Å². The number of aliphatic hydroxyl groups excluding tert-OH is 1. The molecule has 0 spiro atoms. The van der Waals surface area contributed by atoms with Gasteiger partial charge in [0.1, 0.15) is 5.82 Å². The summed E-state index contributed by atoms with van der Waals surface area (Å²) in [6.45, 7) is 5.47. The largest absolute Gasteiger partial charge is 0.550 e. The molecular weight excluding hydrogens is 449 g/mol. The predicted molar refractivity (Wildman–Crippen MR) is 123 cm³/mol. The maximum Gasteiger partial charge on any atom is 0.239 e. The fourth-order valence-corrected chi connectivity index (χ4v) is 3.64. The number of hydrogen-bond donors (Lipinski definition) is 1. The normalized spacial score (nSPS) is 13.9. The molecule has 2 atom stereocenters. The van der Waals surface area contributed by atoms with Gasteiger partial charge in [-0.25, -0.2) is 27.1 Å². The molecule has 1 aromatic heterocycles. The maximum absolute atomic E-state index is 13.5. The Hall–Kier alpha value is -2.85. The number of carbonyl (C=O) groups excluding carboxylic acids is 1. The van der Waals surface area contributed by atoms with Gasteiger partial charge in [-0.05, 0) is 48.9 Å². The number of aliphatic carboxylic acids is 1. The van der Waals surface area contributed by atoms with Crippen LogP contribution in [-0.2, 0) is 14.8 Å². The lowest BCUT2D eigenvalue weighted by molar-refractivity contribution is -0.306. The molecule has 0 radical (unpaired) electrons. The van der Waals surface area contributed by atoms with Crippen LogP contribution in [0.4, 0.5) is 10.3 Å². The first kappa shape index (κ1) is 26.4.